The van der Waals surface area contributed by atoms with Crippen molar-refractivity contribution in [3.63, 3.8) is 0 Å². The first kappa shape index (κ1) is 15.4. The van der Waals surface area contributed by atoms with Crippen LogP contribution < -0.4 is 4.57 Å². The highest BCUT2D eigenvalue weighted by Gasteiger charge is 1.98. The van der Waals surface area contributed by atoms with Gasteiger partial charge in [-0.2, -0.15) is 0 Å². The van der Waals surface area contributed by atoms with Crippen LogP contribution >= 0.6 is 0 Å². The van der Waals surface area contributed by atoms with Crippen molar-refractivity contribution in [1.29, 1.82) is 0 Å². The van der Waals surface area contributed by atoms with Crippen LogP contribution in [0.4, 0.5) is 0 Å². The maximum absolute atomic E-state index is 4.38. The highest BCUT2D eigenvalue weighted by Crippen LogP contribution is 1.94. The van der Waals surface area contributed by atoms with Gasteiger partial charge in [0.2, 0.25) is 0 Å². The molecule has 0 aliphatic carbocycles. The summed E-state index contributed by atoms with van der Waals surface area (Å²) in [4.78, 5) is 4.38. The van der Waals surface area contributed by atoms with E-state index < -0.39 is 0 Å². The summed E-state index contributed by atoms with van der Waals surface area (Å²) in [6, 6.07) is 4.22. The fourth-order valence-corrected chi connectivity index (χ4v) is 1.72. The first-order chi connectivity index (χ1) is 9.22. The first-order valence-corrected chi connectivity index (χ1v) is 6.97. The molecule has 0 spiro atoms. The van der Waals surface area contributed by atoms with E-state index in [-0.39, 0.29) is 0 Å². The second-order valence-corrected chi connectivity index (χ2v) is 4.77. The molecule has 0 aliphatic rings. The Balaban J connectivity index is 2.15. The minimum atomic E-state index is 0.908. The van der Waals surface area contributed by atoms with Crippen molar-refractivity contribution in [1.82, 2.24) is 0 Å². The fourth-order valence-electron chi connectivity index (χ4n) is 1.72. The van der Waals surface area contributed by atoms with Gasteiger partial charge in [0.05, 0.1) is 0 Å². The second kappa shape index (κ2) is 9.26. The lowest BCUT2D eigenvalue weighted by Gasteiger charge is -1.96. The summed E-state index contributed by atoms with van der Waals surface area (Å²) in [7, 11) is 0. The number of aromatic nitrogens is 1. The zero-order chi connectivity index (χ0) is 13.9. The molecule has 0 saturated heterocycles. The van der Waals surface area contributed by atoms with Gasteiger partial charge in [0.1, 0.15) is 6.54 Å². The molecule has 0 atom stereocenters. The maximum Gasteiger partial charge on any atom is 0.171 e. The molecular formula is C17H25N2+. The first-order valence-electron chi connectivity index (χ1n) is 6.97. The summed E-state index contributed by atoms with van der Waals surface area (Å²) in [5.41, 5.74) is 2.58. The Morgan fingerprint density at radius 3 is 2.95 bits per heavy atom. The number of hydrogen-bond donors (Lipinski definition) is 0. The Morgan fingerprint density at radius 2 is 2.21 bits per heavy atom. The molecule has 1 aromatic heterocycles. The number of pyridine rings is 1. The van der Waals surface area contributed by atoms with E-state index in [2.05, 4.69) is 60.1 Å². The molecule has 0 radical (unpaired) electrons. The van der Waals surface area contributed by atoms with Crippen LogP contribution in [0.1, 0.15) is 32.3 Å². The van der Waals surface area contributed by atoms with Gasteiger partial charge in [0, 0.05) is 30.8 Å². The van der Waals surface area contributed by atoms with Crippen molar-refractivity contribution < 1.29 is 4.57 Å². The van der Waals surface area contributed by atoms with E-state index in [9.17, 15) is 0 Å². The van der Waals surface area contributed by atoms with Crippen LogP contribution in [0.5, 0.6) is 0 Å². The van der Waals surface area contributed by atoms with Crippen LogP contribution in [0.25, 0.3) is 0 Å². The molecule has 0 N–H and O–H groups in total. The van der Waals surface area contributed by atoms with Gasteiger partial charge in [0.25, 0.3) is 0 Å². The number of hydrogen-bond acceptors (Lipinski definition) is 1. The quantitative estimate of drug-likeness (QED) is 0.307. The molecule has 1 rings (SSSR count). The third-order valence-electron chi connectivity index (χ3n) is 2.97. The number of aryl methyl sites for hydroxylation is 2. The lowest BCUT2D eigenvalue weighted by atomic mass is 10.2. The van der Waals surface area contributed by atoms with Gasteiger partial charge in [-0.15, -0.1) is 0 Å². The number of nitrogens with zero attached hydrogens (tertiary/aromatic N) is 2. The number of unbranched alkanes of at least 4 members (excludes halogenated alkanes) is 1. The third kappa shape index (κ3) is 7.35. The molecule has 1 heterocycles. The predicted molar refractivity (Wildman–Crippen MR) is 82.5 cm³/mol. The summed E-state index contributed by atoms with van der Waals surface area (Å²) in [6.07, 6.45) is 14.7. The van der Waals surface area contributed by atoms with Crippen LogP contribution in [-0.4, -0.2) is 12.8 Å². The molecule has 2 heteroatoms. The molecule has 0 unspecified atom stereocenters. The molecule has 19 heavy (non-hydrogen) atoms. The lowest BCUT2D eigenvalue weighted by molar-refractivity contribution is -0.697. The van der Waals surface area contributed by atoms with Crippen molar-refractivity contribution in [3.8, 4) is 0 Å². The van der Waals surface area contributed by atoms with E-state index in [4.69, 9.17) is 0 Å². The van der Waals surface area contributed by atoms with Gasteiger partial charge in [-0.1, -0.05) is 17.7 Å². The van der Waals surface area contributed by atoms with E-state index in [0.29, 0.717) is 0 Å². The van der Waals surface area contributed by atoms with Crippen molar-refractivity contribution in [2.24, 2.45) is 4.99 Å². The van der Waals surface area contributed by atoms with Gasteiger partial charge in [-0.25, -0.2) is 4.57 Å². The molecule has 2 nitrogen and oxygen atoms in total. The molecule has 0 saturated carbocycles. The van der Waals surface area contributed by atoms with Crippen molar-refractivity contribution in [2.75, 3.05) is 6.54 Å². The minimum Gasteiger partial charge on any atom is -0.293 e. The van der Waals surface area contributed by atoms with E-state index in [1.54, 1.807) is 0 Å². The Labute approximate surface area is 117 Å². The molecule has 1 aromatic rings. The van der Waals surface area contributed by atoms with Gasteiger partial charge in [0.15, 0.2) is 12.4 Å². The standard InChI is InChI=1S/C17H25N2/c1-4-16(2)9-7-12-18-11-5-6-13-19-14-8-10-17(3)15-19/h4,7-10,12,14-15H,5-6,11,13H2,1-3H3/q+1/b9-7-,16-4-,18-12?. The van der Waals surface area contributed by atoms with Crippen molar-refractivity contribution in [2.45, 2.75) is 40.2 Å². The summed E-state index contributed by atoms with van der Waals surface area (Å²) in [5.74, 6) is 0. The Kier molecular flexibility index (Phi) is 7.48. The third-order valence-corrected chi connectivity index (χ3v) is 2.97. The Bertz CT molecular complexity index is 456. The molecular weight excluding hydrogens is 232 g/mol. The average molecular weight is 257 g/mol. The van der Waals surface area contributed by atoms with Crippen LogP contribution in [-0.2, 0) is 6.54 Å². The number of aliphatic imine (C=N–C) groups is 1. The SMILES string of the molecule is C/C=C(C)\C=C/C=NCCCC[n+]1cccc(C)c1. The topological polar surface area (TPSA) is 16.2 Å². The average Bonchev–Trinajstić information content (AvgIpc) is 2.41. The predicted octanol–water partition coefficient (Wildman–Crippen LogP) is 3.66. The zero-order valence-electron chi connectivity index (χ0n) is 12.3. The molecule has 0 bridgehead atoms. The fraction of sp³-hybridized carbons (Fsp3) is 0.412. The summed E-state index contributed by atoms with van der Waals surface area (Å²) in [5, 5.41) is 0. The summed E-state index contributed by atoms with van der Waals surface area (Å²) < 4.78 is 2.24. The van der Waals surface area contributed by atoms with Gasteiger partial charge in [-0.05, 0) is 39.3 Å². The van der Waals surface area contributed by atoms with Gasteiger partial charge < -0.3 is 0 Å². The van der Waals surface area contributed by atoms with Crippen LogP contribution in [0.3, 0.4) is 0 Å². The molecule has 0 aromatic carbocycles. The van der Waals surface area contributed by atoms with E-state index >= 15 is 0 Å². The smallest absolute Gasteiger partial charge is 0.171 e. The Morgan fingerprint density at radius 1 is 1.37 bits per heavy atom. The maximum atomic E-state index is 4.38. The normalized spacial score (nSPS) is 12.7. The molecule has 102 valence electrons. The highest BCUT2D eigenvalue weighted by atomic mass is 14.9. The zero-order valence-corrected chi connectivity index (χ0v) is 12.3. The van der Waals surface area contributed by atoms with Crippen LogP contribution in [0, 0.1) is 6.92 Å². The van der Waals surface area contributed by atoms with Gasteiger partial charge >= 0.3 is 0 Å². The lowest BCUT2D eigenvalue weighted by Crippen LogP contribution is -2.32. The monoisotopic (exact) mass is 257 g/mol. The van der Waals surface area contributed by atoms with E-state index in [1.807, 2.05) is 19.2 Å². The number of allylic oxidation sites excluding steroid dienone is 4. The van der Waals surface area contributed by atoms with Crippen LogP contribution in [0.15, 0.2) is 53.3 Å². The van der Waals surface area contributed by atoms with Crippen molar-refractivity contribution >= 4 is 6.21 Å². The van der Waals surface area contributed by atoms with Crippen LogP contribution in [0.2, 0.25) is 0 Å². The second-order valence-electron chi connectivity index (χ2n) is 4.77. The van der Waals surface area contributed by atoms with E-state index in [1.165, 1.54) is 17.6 Å². The molecule has 0 aliphatic heterocycles. The summed E-state index contributed by atoms with van der Waals surface area (Å²) >= 11 is 0. The van der Waals surface area contributed by atoms with Crippen molar-refractivity contribution in [3.05, 3.63) is 53.9 Å². The van der Waals surface area contributed by atoms with E-state index in [0.717, 1.165) is 19.5 Å². The largest absolute Gasteiger partial charge is 0.293 e. The molecule has 0 amide bonds. The highest BCUT2D eigenvalue weighted by molar-refractivity contribution is 5.71. The molecule has 0 fully saturated rings. The van der Waals surface area contributed by atoms with Gasteiger partial charge in [-0.3, -0.25) is 4.99 Å². The number of rotatable bonds is 7. The minimum absolute atomic E-state index is 0.908. The summed E-state index contributed by atoms with van der Waals surface area (Å²) in [6.45, 7) is 8.24. The Hall–Kier alpha value is -1.70.